The summed E-state index contributed by atoms with van der Waals surface area (Å²) in [6.07, 6.45) is 0. The van der Waals surface area contributed by atoms with Crippen molar-refractivity contribution < 1.29 is 21.6 Å². The normalized spacial score (nSPS) is 12.4. The summed E-state index contributed by atoms with van der Waals surface area (Å²) >= 11 is 6.01. The van der Waals surface area contributed by atoms with Gasteiger partial charge < -0.3 is 5.32 Å². The van der Waals surface area contributed by atoms with Gasteiger partial charge in [0.15, 0.2) is 0 Å². The number of amides is 1. The fourth-order valence-corrected chi connectivity index (χ4v) is 5.59. The van der Waals surface area contributed by atoms with E-state index in [1.807, 2.05) is 0 Å². The Balaban J connectivity index is 2.36. The molecule has 0 bridgehead atoms. The van der Waals surface area contributed by atoms with Crippen LogP contribution in [0.2, 0.25) is 5.02 Å². The van der Waals surface area contributed by atoms with E-state index in [9.17, 15) is 21.6 Å². The Bertz CT molecular complexity index is 1140. The summed E-state index contributed by atoms with van der Waals surface area (Å²) in [6.45, 7) is 4.13. The number of anilines is 1. The van der Waals surface area contributed by atoms with Crippen molar-refractivity contribution in [2.45, 2.75) is 23.6 Å². The first-order valence-corrected chi connectivity index (χ1v) is 12.3. The highest BCUT2D eigenvalue weighted by Crippen LogP contribution is 2.26. The van der Waals surface area contributed by atoms with E-state index in [0.717, 1.165) is 4.31 Å². The SMILES string of the molecule is CCN(CC)S(=O)(=O)c1cccc(NC(=O)c2ccc(Cl)c(S(=O)(=O)N(C)C)c2)c1. The number of halogens is 1. The molecule has 11 heteroatoms. The molecule has 1 amide bonds. The van der Waals surface area contributed by atoms with Crippen LogP contribution < -0.4 is 5.32 Å². The molecule has 0 saturated heterocycles. The third-order valence-corrected chi connectivity index (χ3v) is 8.73. The minimum atomic E-state index is -3.84. The summed E-state index contributed by atoms with van der Waals surface area (Å²) < 4.78 is 52.5. The summed E-state index contributed by atoms with van der Waals surface area (Å²) in [4.78, 5) is 12.5. The van der Waals surface area contributed by atoms with Crippen LogP contribution in [0.1, 0.15) is 24.2 Å². The van der Waals surface area contributed by atoms with Gasteiger partial charge in [-0.15, -0.1) is 0 Å². The van der Waals surface area contributed by atoms with Crippen molar-refractivity contribution in [3.8, 4) is 0 Å². The molecule has 8 nitrogen and oxygen atoms in total. The number of carbonyl (C=O) groups excluding carboxylic acids is 1. The molecule has 2 rings (SSSR count). The quantitative estimate of drug-likeness (QED) is 0.634. The van der Waals surface area contributed by atoms with E-state index in [1.165, 1.54) is 54.8 Å². The van der Waals surface area contributed by atoms with Gasteiger partial charge in [0.2, 0.25) is 20.0 Å². The molecule has 0 fully saturated rings. The topological polar surface area (TPSA) is 104 Å². The number of rotatable bonds is 8. The average molecular weight is 474 g/mol. The van der Waals surface area contributed by atoms with Crippen molar-refractivity contribution in [3.05, 3.63) is 53.1 Å². The van der Waals surface area contributed by atoms with Gasteiger partial charge in [-0.3, -0.25) is 4.79 Å². The maximum atomic E-state index is 12.7. The average Bonchev–Trinajstić information content (AvgIpc) is 2.68. The Kier molecular flexibility index (Phi) is 7.64. The monoisotopic (exact) mass is 473 g/mol. The molecule has 0 aliphatic carbocycles. The van der Waals surface area contributed by atoms with E-state index in [0.29, 0.717) is 13.1 Å². The number of nitrogens with zero attached hydrogens (tertiary/aromatic N) is 2. The molecule has 0 spiro atoms. The number of carbonyl (C=O) groups is 1. The lowest BCUT2D eigenvalue weighted by Crippen LogP contribution is -2.30. The van der Waals surface area contributed by atoms with Crippen molar-refractivity contribution in [2.75, 3.05) is 32.5 Å². The first-order valence-electron chi connectivity index (χ1n) is 9.08. The third-order valence-electron chi connectivity index (χ3n) is 4.39. The van der Waals surface area contributed by atoms with Crippen LogP contribution in [-0.4, -0.2) is 58.5 Å². The van der Waals surface area contributed by atoms with Gasteiger partial charge in [0.25, 0.3) is 5.91 Å². The van der Waals surface area contributed by atoms with Crippen LogP contribution in [0.25, 0.3) is 0 Å². The zero-order valence-electron chi connectivity index (χ0n) is 17.1. The molecule has 164 valence electrons. The van der Waals surface area contributed by atoms with E-state index in [4.69, 9.17) is 11.6 Å². The molecule has 0 aromatic heterocycles. The second-order valence-corrected chi connectivity index (χ2v) is 11.0. The molecule has 2 aromatic carbocycles. The van der Waals surface area contributed by atoms with Crippen molar-refractivity contribution >= 4 is 43.2 Å². The number of sulfonamides is 2. The van der Waals surface area contributed by atoms with Gasteiger partial charge in [-0.25, -0.2) is 21.1 Å². The lowest BCUT2D eigenvalue weighted by Gasteiger charge is -2.19. The molecule has 2 aromatic rings. The largest absolute Gasteiger partial charge is 0.322 e. The van der Waals surface area contributed by atoms with E-state index in [1.54, 1.807) is 19.9 Å². The minimum absolute atomic E-state index is 0.00689. The van der Waals surface area contributed by atoms with Crippen molar-refractivity contribution in [1.82, 2.24) is 8.61 Å². The summed E-state index contributed by atoms with van der Waals surface area (Å²) in [7, 11) is -4.80. The highest BCUT2D eigenvalue weighted by atomic mass is 35.5. The third kappa shape index (κ3) is 5.01. The first-order chi connectivity index (χ1) is 13.9. The lowest BCUT2D eigenvalue weighted by atomic mass is 10.2. The smallest absolute Gasteiger partial charge is 0.255 e. The molecule has 0 aliphatic heterocycles. The van der Waals surface area contributed by atoms with E-state index in [2.05, 4.69) is 5.32 Å². The Morgan fingerprint density at radius 1 is 0.967 bits per heavy atom. The Morgan fingerprint density at radius 3 is 2.17 bits per heavy atom. The summed E-state index contributed by atoms with van der Waals surface area (Å²) in [5.74, 6) is -0.598. The van der Waals surface area contributed by atoms with Crippen LogP contribution in [-0.2, 0) is 20.0 Å². The second kappa shape index (κ2) is 9.44. The second-order valence-electron chi connectivity index (χ2n) is 6.50. The zero-order valence-corrected chi connectivity index (χ0v) is 19.5. The predicted molar refractivity (Wildman–Crippen MR) is 117 cm³/mol. The Morgan fingerprint density at radius 2 is 1.60 bits per heavy atom. The van der Waals surface area contributed by atoms with Gasteiger partial charge in [-0.2, -0.15) is 4.31 Å². The summed E-state index contributed by atoms with van der Waals surface area (Å²) in [5.41, 5.74) is 0.331. The number of hydrogen-bond acceptors (Lipinski definition) is 5. The van der Waals surface area contributed by atoms with Gasteiger partial charge in [0.05, 0.1) is 9.92 Å². The van der Waals surface area contributed by atoms with E-state index < -0.39 is 26.0 Å². The summed E-state index contributed by atoms with van der Waals surface area (Å²) in [5, 5.41) is 2.59. The minimum Gasteiger partial charge on any atom is -0.322 e. The van der Waals surface area contributed by atoms with E-state index in [-0.39, 0.29) is 26.1 Å². The van der Waals surface area contributed by atoms with Crippen molar-refractivity contribution in [2.24, 2.45) is 0 Å². The molecule has 30 heavy (non-hydrogen) atoms. The highest BCUT2D eigenvalue weighted by molar-refractivity contribution is 7.89. The molecule has 0 radical (unpaired) electrons. The van der Waals surface area contributed by atoms with Gasteiger partial charge in [0.1, 0.15) is 4.90 Å². The predicted octanol–water partition coefficient (Wildman–Crippen LogP) is 2.87. The maximum Gasteiger partial charge on any atom is 0.255 e. The number of benzene rings is 2. The first kappa shape index (κ1) is 24.3. The molecule has 0 unspecified atom stereocenters. The van der Waals surface area contributed by atoms with Crippen LogP contribution in [0.5, 0.6) is 0 Å². The molecule has 0 heterocycles. The molecular weight excluding hydrogens is 450 g/mol. The lowest BCUT2D eigenvalue weighted by molar-refractivity contribution is 0.102. The number of hydrogen-bond donors (Lipinski definition) is 1. The molecule has 0 aliphatic rings. The standard InChI is InChI=1S/C19H24ClN3O5S2/c1-5-23(6-2)29(25,26)16-9-7-8-15(13-16)21-19(24)14-10-11-17(20)18(12-14)30(27,28)22(3)4/h7-13H,5-6H2,1-4H3,(H,21,24). The Hall–Kier alpha value is -1.98. The van der Waals surface area contributed by atoms with Gasteiger partial charge in [0, 0.05) is 38.4 Å². The van der Waals surface area contributed by atoms with Crippen molar-refractivity contribution in [3.63, 3.8) is 0 Å². The molecule has 1 N–H and O–H groups in total. The zero-order chi connectivity index (χ0) is 22.7. The van der Waals surface area contributed by atoms with Crippen LogP contribution >= 0.6 is 11.6 Å². The van der Waals surface area contributed by atoms with E-state index >= 15 is 0 Å². The molecule has 0 saturated carbocycles. The van der Waals surface area contributed by atoms with Crippen LogP contribution in [0.15, 0.2) is 52.3 Å². The molecular formula is C19H24ClN3O5S2. The fraction of sp³-hybridized carbons (Fsp3) is 0.316. The molecule has 0 atom stereocenters. The fourth-order valence-electron chi connectivity index (χ4n) is 2.69. The van der Waals surface area contributed by atoms with Crippen LogP contribution in [0.3, 0.4) is 0 Å². The van der Waals surface area contributed by atoms with Crippen molar-refractivity contribution in [1.29, 1.82) is 0 Å². The van der Waals surface area contributed by atoms with Crippen LogP contribution in [0.4, 0.5) is 5.69 Å². The van der Waals surface area contributed by atoms with Gasteiger partial charge in [-0.05, 0) is 36.4 Å². The van der Waals surface area contributed by atoms with Gasteiger partial charge in [-0.1, -0.05) is 31.5 Å². The Labute approximate surface area is 182 Å². The maximum absolute atomic E-state index is 12.7. The van der Waals surface area contributed by atoms with Crippen LogP contribution in [0, 0.1) is 0 Å². The number of nitrogens with one attached hydrogen (secondary N) is 1. The van der Waals surface area contributed by atoms with Gasteiger partial charge >= 0.3 is 0 Å². The summed E-state index contributed by atoms with van der Waals surface area (Å²) in [6, 6.07) is 9.79. The highest BCUT2D eigenvalue weighted by Gasteiger charge is 2.24.